The second-order valence-corrected chi connectivity index (χ2v) is 7.59. The van der Waals surface area contributed by atoms with Crippen LogP contribution in [0.25, 0.3) is 10.8 Å². The van der Waals surface area contributed by atoms with Crippen LogP contribution in [0.3, 0.4) is 0 Å². The number of benzene rings is 2. The molecule has 0 aliphatic carbocycles. The lowest BCUT2D eigenvalue weighted by Gasteiger charge is -2.33. The Balaban J connectivity index is 1.27. The number of aromatic amines is 1. The van der Waals surface area contributed by atoms with E-state index in [0.29, 0.717) is 5.39 Å². The Kier molecular flexibility index (Phi) is 4.45. The highest BCUT2D eigenvalue weighted by Gasteiger charge is 2.24. The lowest BCUT2D eigenvalue weighted by molar-refractivity contribution is 0.0982. The number of nitrogens with one attached hydrogen (secondary N) is 1. The first-order valence-corrected chi connectivity index (χ1v) is 9.88. The zero-order valence-corrected chi connectivity index (χ0v) is 15.7. The molecule has 0 amide bonds. The second kappa shape index (κ2) is 7.24. The summed E-state index contributed by atoms with van der Waals surface area (Å²) in [6.45, 7) is 3.65. The molecular weight excluding hydrogens is 350 g/mol. The number of hydrogen-bond donors (Lipinski definition) is 1. The van der Waals surface area contributed by atoms with Gasteiger partial charge in [0.15, 0.2) is 0 Å². The first-order valence-electron chi connectivity index (χ1n) is 9.88. The zero-order valence-electron chi connectivity index (χ0n) is 15.7. The molecule has 5 rings (SSSR count). The number of aliphatic imine (C=N–C) groups is 1. The van der Waals surface area contributed by atoms with Crippen LogP contribution in [-0.2, 0) is 6.54 Å². The molecule has 3 heterocycles. The van der Waals surface area contributed by atoms with Gasteiger partial charge in [-0.3, -0.25) is 14.7 Å². The maximum atomic E-state index is 11.9. The minimum Gasteiger partial charge on any atom is -0.489 e. The largest absolute Gasteiger partial charge is 0.489 e. The van der Waals surface area contributed by atoms with Gasteiger partial charge in [0.2, 0.25) is 0 Å². The van der Waals surface area contributed by atoms with Crippen molar-refractivity contribution in [3.05, 3.63) is 76.2 Å². The number of pyridine rings is 1. The summed E-state index contributed by atoms with van der Waals surface area (Å²) in [6.07, 6.45) is 4.00. The van der Waals surface area contributed by atoms with Gasteiger partial charge >= 0.3 is 0 Å². The molecule has 1 atom stereocenters. The van der Waals surface area contributed by atoms with Gasteiger partial charge in [0.1, 0.15) is 11.9 Å². The van der Waals surface area contributed by atoms with E-state index in [2.05, 4.69) is 34.1 Å². The van der Waals surface area contributed by atoms with Crippen molar-refractivity contribution in [3.8, 4) is 5.75 Å². The van der Waals surface area contributed by atoms with Gasteiger partial charge in [-0.25, -0.2) is 0 Å². The van der Waals surface area contributed by atoms with Gasteiger partial charge in [-0.05, 0) is 54.6 Å². The van der Waals surface area contributed by atoms with Gasteiger partial charge in [0.25, 0.3) is 5.56 Å². The molecule has 0 saturated carbocycles. The molecule has 5 nitrogen and oxygen atoms in total. The third-order valence-corrected chi connectivity index (χ3v) is 5.65. The van der Waals surface area contributed by atoms with Gasteiger partial charge < -0.3 is 9.72 Å². The van der Waals surface area contributed by atoms with Gasteiger partial charge in [-0.2, -0.15) is 0 Å². The van der Waals surface area contributed by atoms with E-state index >= 15 is 0 Å². The fraction of sp³-hybridized carbons (Fsp3) is 0.304. The Labute approximate surface area is 163 Å². The molecule has 5 heteroatoms. The van der Waals surface area contributed by atoms with Gasteiger partial charge in [-0.15, -0.1) is 0 Å². The number of likely N-dealkylation sites (tertiary alicyclic amines) is 1. The molecule has 1 N–H and O–H groups in total. The Morgan fingerprint density at radius 2 is 2.11 bits per heavy atom. The molecule has 1 unspecified atom stereocenters. The molecule has 28 heavy (non-hydrogen) atoms. The molecular formula is C23H23N3O2. The lowest BCUT2D eigenvalue weighted by atomic mass is 10.0. The third kappa shape index (κ3) is 3.34. The van der Waals surface area contributed by atoms with Crippen molar-refractivity contribution in [2.45, 2.75) is 25.5 Å². The van der Waals surface area contributed by atoms with E-state index in [9.17, 15) is 4.79 Å². The average Bonchev–Trinajstić information content (AvgIpc) is 3.11. The smallest absolute Gasteiger partial charge is 0.255 e. The van der Waals surface area contributed by atoms with E-state index in [0.717, 1.165) is 50.2 Å². The van der Waals surface area contributed by atoms with Crippen LogP contribution in [0.4, 0.5) is 0 Å². The number of H-pyrrole nitrogens is 1. The van der Waals surface area contributed by atoms with E-state index in [4.69, 9.17) is 9.73 Å². The number of rotatable bonds is 4. The molecule has 2 aromatic carbocycles. The van der Waals surface area contributed by atoms with Crippen LogP contribution in [0.5, 0.6) is 5.75 Å². The number of fused-ring (bicyclic) bond motifs is 2. The van der Waals surface area contributed by atoms with Crippen LogP contribution < -0.4 is 10.3 Å². The fourth-order valence-electron chi connectivity index (χ4n) is 4.24. The number of ether oxygens (including phenoxy) is 1. The molecule has 142 valence electrons. The normalized spacial score (nSPS) is 19.4. The summed E-state index contributed by atoms with van der Waals surface area (Å²) in [5.41, 5.74) is 3.76. The summed E-state index contributed by atoms with van der Waals surface area (Å²) in [5.74, 6) is 0.827. The van der Waals surface area contributed by atoms with Crippen LogP contribution in [0.1, 0.15) is 24.0 Å². The topological polar surface area (TPSA) is 57.7 Å². The van der Waals surface area contributed by atoms with Crippen molar-refractivity contribution in [2.24, 2.45) is 4.99 Å². The van der Waals surface area contributed by atoms with Gasteiger partial charge in [-0.1, -0.05) is 24.3 Å². The highest BCUT2D eigenvalue weighted by Crippen LogP contribution is 2.24. The maximum absolute atomic E-state index is 11.9. The molecule has 1 fully saturated rings. The van der Waals surface area contributed by atoms with E-state index in [1.807, 2.05) is 24.3 Å². The SMILES string of the molecule is O=c1[nH]ccc2cc(OC3CCCN(CC4=NCc5ccccc54)C3)ccc12. The summed E-state index contributed by atoms with van der Waals surface area (Å²) in [5, 5.41) is 1.60. The van der Waals surface area contributed by atoms with Crippen molar-refractivity contribution in [2.75, 3.05) is 19.6 Å². The van der Waals surface area contributed by atoms with E-state index < -0.39 is 0 Å². The number of hydrogen-bond acceptors (Lipinski definition) is 4. The highest BCUT2D eigenvalue weighted by atomic mass is 16.5. The maximum Gasteiger partial charge on any atom is 0.255 e. The van der Waals surface area contributed by atoms with Gasteiger partial charge in [0.05, 0.1) is 12.3 Å². The van der Waals surface area contributed by atoms with Crippen molar-refractivity contribution in [1.29, 1.82) is 0 Å². The third-order valence-electron chi connectivity index (χ3n) is 5.65. The molecule has 0 bridgehead atoms. The van der Waals surface area contributed by atoms with Crippen molar-refractivity contribution in [3.63, 3.8) is 0 Å². The predicted molar refractivity (Wildman–Crippen MR) is 111 cm³/mol. The highest BCUT2D eigenvalue weighted by molar-refractivity contribution is 6.05. The molecule has 2 aliphatic rings. The van der Waals surface area contributed by atoms with E-state index in [1.54, 1.807) is 6.20 Å². The van der Waals surface area contributed by atoms with Crippen molar-refractivity contribution in [1.82, 2.24) is 9.88 Å². The van der Waals surface area contributed by atoms with Crippen LogP contribution in [0.2, 0.25) is 0 Å². The quantitative estimate of drug-likeness (QED) is 0.763. The zero-order chi connectivity index (χ0) is 18.9. The van der Waals surface area contributed by atoms with Crippen LogP contribution in [0.15, 0.2) is 64.5 Å². The Hall–Kier alpha value is -2.92. The second-order valence-electron chi connectivity index (χ2n) is 7.59. The summed E-state index contributed by atoms with van der Waals surface area (Å²) < 4.78 is 6.27. The Bertz CT molecular complexity index is 1100. The molecule has 3 aromatic rings. The standard InChI is InChI=1S/C23H23N3O2/c27-23-21-8-7-18(12-16(21)9-10-24-23)28-19-5-3-11-26(14-19)15-22-20-6-2-1-4-17(20)13-25-22/h1-2,4,6-10,12,19H,3,5,11,13-15H2,(H,24,27). The molecule has 1 saturated heterocycles. The molecule has 1 aromatic heterocycles. The minimum absolute atomic E-state index is 0.0643. The number of nitrogens with zero attached hydrogens (tertiary/aromatic N) is 2. The van der Waals surface area contributed by atoms with Gasteiger partial charge in [0, 0.05) is 30.2 Å². The Morgan fingerprint density at radius 1 is 1.18 bits per heavy atom. The number of aromatic nitrogens is 1. The molecule has 0 radical (unpaired) electrons. The monoisotopic (exact) mass is 373 g/mol. The summed E-state index contributed by atoms with van der Waals surface area (Å²) in [4.78, 5) is 21.8. The van der Waals surface area contributed by atoms with Crippen LogP contribution in [0, 0.1) is 0 Å². The van der Waals surface area contributed by atoms with E-state index in [-0.39, 0.29) is 11.7 Å². The van der Waals surface area contributed by atoms with Crippen molar-refractivity contribution >= 4 is 16.5 Å². The summed E-state index contributed by atoms with van der Waals surface area (Å²) in [7, 11) is 0. The fourth-order valence-corrected chi connectivity index (χ4v) is 4.24. The Morgan fingerprint density at radius 3 is 3.07 bits per heavy atom. The first kappa shape index (κ1) is 17.2. The average molecular weight is 373 g/mol. The lowest BCUT2D eigenvalue weighted by Crippen LogP contribution is -2.43. The summed E-state index contributed by atoms with van der Waals surface area (Å²) >= 11 is 0. The molecule has 2 aliphatic heterocycles. The van der Waals surface area contributed by atoms with Crippen molar-refractivity contribution < 1.29 is 4.74 Å². The first-order chi connectivity index (χ1) is 13.8. The minimum atomic E-state index is -0.0643. The number of piperidine rings is 1. The van der Waals surface area contributed by atoms with E-state index in [1.165, 1.54) is 16.8 Å². The predicted octanol–water partition coefficient (Wildman–Crippen LogP) is 3.37. The van der Waals surface area contributed by atoms with Crippen LogP contribution in [-0.4, -0.2) is 41.3 Å². The molecule has 0 spiro atoms. The summed E-state index contributed by atoms with van der Waals surface area (Å²) in [6, 6.07) is 16.1. The van der Waals surface area contributed by atoms with Crippen LogP contribution >= 0.6 is 0 Å².